The molecular weight excluding hydrogens is 202 g/mol. The minimum Gasteiger partial charge on any atom is -0.284 e. The first-order chi connectivity index (χ1) is 5.34. The number of hydrogen-bond acceptors (Lipinski definition) is 1. The van der Waals surface area contributed by atoms with Crippen LogP contribution in [0, 0.1) is 6.08 Å². The molecule has 1 aromatic heterocycles. The monoisotopic (exact) mass is 210 g/mol. The van der Waals surface area contributed by atoms with Crippen LogP contribution in [-0.4, -0.2) is 9.55 Å². The number of nitrogens with zero attached hydrogens (tertiary/aromatic N) is 2. The van der Waals surface area contributed by atoms with Gasteiger partial charge in [-0.25, -0.2) is 0 Å². The topological polar surface area (TPSA) is 17.8 Å². The molecule has 0 N–H and O–H groups in total. The van der Waals surface area contributed by atoms with Gasteiger partial charge in [0.25, 0.3) is 6.08 Å². The van der Waals surface area contributed by atoms with Crippen molar-refractivity contribution in [2.24, 2.45) is 0 Å². The SMILES string of the molecule is CC(C)(C)n1c(F)nc(Cl)c1Cl. The van der Waals surface area contributed by atoms with Crippen molar-refractivity contribution in [2.45, 2.75) is 26.3 Å². The van der Waals surface area contributed by atoms with Crippen molar-refractivity contribution in [3.63, 3.8) is 0 Å². The third-order valence-electron chi connectivity index (χ3n) is 1.41. The molecule has 0 aromatic carbocycles. The second-order valence-electron chi connectivity index (χ2n) is 3.47. The van der Waals surface area contributed by atoms with Crippen LogP contribution < -0.4 is 0 Å². The van der Waals surface area contributed by atoms with Gasteiger partial charge in [0.1, 0.15) is 0 Å². The number of rotatable bonds is 0. The Labute approximate surface area is 80.3 Å². The zero-order chi connectivity index (χ0) is 9.52. The zero-order valence-corrected chi connectivity index (χ0v) is 8.54. The van der Waals surface area contributed by atoms with Gasteiger partial charge < -0.3 is 0 Å². The Balaban J connectivity index is 3.32. The lowest BCUT2D eigenvalue weighted by Gasteiger charge is -2.21. The van der Waals surface area contributed by atoms with Crippen LogP contribution in [-0.2, 0) is 5.54 Å². The normalized spacial score (nSPS) is 12.2. The summed E-state index contributed by atoms with van der Waals surface area (Å²) in [6.45, 7) is 5.46. The fraction of sp³-hybridized carbons (Fsp3) is 0.571. The second kappa shape index (κ2) is 2.89. The molecule has 0 aliphatic heterocycles. The molecule has 0 saturated carbocycles. The first kappa shape index (κ1) is 9.81. The molecule has 0 spiro atoms. The van der Waals surface area contributed by atoms with E-state index in [-0.39, 0.29) is 10.3 Å². The molecule has 0 atom stereocenters. The van der Waals surface area contributed by atoms with Gasteiger partial charge in [-0.15, -0.1) is 0 Å². The highest BCUT2D eigenvalue weighted by atomic mass is 35.5. The molecule has 0 aliphatic rings. The zero-order valence-electron chi connectivity index (χ0n) is 7.03. The van der Waals surface area contributed by atoms with E-state index < -0.39 is 11.6 Å². The fourth-order valence-electron chi connectivity index (χ4n) is 0.922. The van der Waals surface area contributed by atoms with Gasteiger partial charge in [0, 0.05) is 5.54 Å². The van der Waals surface area contributed by atoms with Gasteiger partial charge in [0.15, 0.2) is 10.3 Å². The molecule has 0 unspecified atom stereocenters. The van der Waals surface area contributed by atoms with Crippen molar-refractivity contribution in [3.05, 3.63) is 16.4 Å². The Morgan fingerprint density at radius 1 is 1.33 bits per heavy atom. The summed E-state index contributed by atoms with van der Waals surface area (Å²) in [5, 5.41) is 0.144. The summed E-state index contributed by atoms with van der Waals surface area (Å²) >= 11 is 11.3. The summed E-state index contributed by atoms with van der Waals surface area (Å²) in [7, 11) is 0. The lowest BCUT2D eigenvalue weighted by Crippen LogP contribution is -2.23. The van der Waals surface area contributed by atoms with Crippen LogP contribution in [0.25, 0.3) is 0 Å². The largest absolute Gasteiger partial charge is 0.292 e. The molecule has 0 amide bonds. The summed E-state index contributed by atoms with van der Waals surface area (Å²) in [4.78, 5) is 3.41. The van der Waals surface area contributed by atoms with Gasteiger partial charge in [0.2, 0.25) is 0 Å². The Kier molecular flexibility index (Phi) is 2.36. The van der Waals surface area contributed by atoms with Gasteiger partial charge in [-0.05, 0) is 20.8 Å². The Bertz CT molecular complexity index is 301. The number of imidazole rings is 1. The highest BCUT2D eigenvalue weighted by Gasteiger charge is 2.23. The van der Waals surface area contributed by atoms with Crippen molar-refractivity contribution >= 4 is 23.2 Å². The number of aromatic nitrogens is 2. The summed E-state index contributed by atoms with van der Waals surface area (Å²) in [5.41, 5.74) is -0.443. The molecular formula is C7H9Cl2FN2. The molecule has 1 heterocycles. The molecule has 2 nitrogen and oxygen atoms in total. The Morgan fingerprint density at radius 3 is 2.00 bits per heavy atom. The average molecular weight is 211 g/mol. The van der Waals surface area contributed by atoms with E-state index >= 15 is 0 Å². The molecule has 0 fully saturated rings. The molecule has 12 heavy (non-hydrogen) atoms. The van der Waals surface area contributed by atoms with Crippen molar-refractivity contribution in [2.75, 3.05) is 0 Å². The first-order valence-electron chi connectivity index (χ1n) is 3.43. The average Bonchev–Trinajstić information content (AvgIpc) is 2.05. The molecule has 0 radical (unpaired) electrons. The van der Waals surface area contributed by atoms with E-state index in [0.29, 0.717) is 0 Å². The van der Waals surface area contributed by atoms with E-state index in [9.17, 15) is 4.39 Å². The van der Waals surface area contributed by atoms with Gasteiger partial charge in [0.05, 0.1) is 0 Å². The maximum atomic E-state index is 13.1. The van der Waals surface area contributed by atoms with E-state index in [1.807, 2.05) is 20.8 Å². The Hall–Kier alpha value is -0.280. The second-order valence-corrected chi connectivity index (χ2v) is 4.18. The number of hydrogen-bond donors (Lipinski definition) is 0. The van der Waals surface area contributed by atoms with Crippen LogP contribution in [0.2, 0.25) is 10.3 Å². The van der Waals surface area contributed by atoms with Crippen molar-refractivity contribution in [3.8, 4) is 0 Å². The minimum atomic E-state index is -0.655. The van der Waals surface area contributed by atoms with Gasteiger partial charge in [-0.2, -0.15) is 9.37 Å². The third-order valence-corrected chi connectivity index (χ3v) is 2.12. The van der Waals surface area contributed by atoms with E-state index in [2.05, 4.69) is 4.98 Å². The molecule has 1 rings (SSSR count). The van der Waals surface area contributed by atoms with E-state index in [1.165, 1.54) is 4.57 Å². The molecule has 0 aliphatic carbocycles. The Morgan fingerprint density at radius 2 is 1.83 bits per heavy atom. The van der Waals surface area contributed by atoms with Crippen LogP contribution in [0.5, 0.6) is 0 Å². The molecule has 68 valence electrons. The molecule has 0 saturated heterocycles. The van der Waals surface area contributed by atoms with Gasteiger partial charge in [-0.3, -0.25) is 4.57 Å². The summed E-state index contributed by atoms with van der Waals surface area (Å²) in [6.07, 6.45) is -0.655. The van der Waals surface area contributed by atoms with Crippen molar-refractivity contribution in [1.82, 2.24) is 9.55 Å². The van der Waals surface area contributed by atoms with Crippen LogP contribution in [0.15, 0.2) is 0 Å². The smallest absolute Gasteiger partial charge is 0.284 e. The summed E-state index contributed by atoms with van der Waals surface area (Å²) < 4.78 is 14.3. The van der Waals surface area contributed by atoms with E-state index in [4.69, 9.17) is 23.2 Å². The molecule has 5 heteroatoms. The highest BCUT2D eigenvalue weighted by molar-refractivity contribution is 6.40. The fourth-order valence-corrected chi connectivity index (χ4v) is 1.44. The predicted molar refractivity (Wildman–Crippen MR) is 47.2 cm³/mol. The van der Waals surface area contributed by atoms with E-state index in [0.717, 1.165) is 0 Å². The van der Waals surface area contributed by atoms with Crippen LogP contribution in [0.3, 0.4) is 0 Å². The van der Waals surface area contributed by atoms with Crippen LogP contribution in [0.1, 0.15) is 20.8 Å². The lowest BCUT2D eigenvalue weighted by atomic mass is 10.1. The maximum absolute atomic E-state index is 13.1. The first-order valence-corrected chi connectivity index (χ1v) is 4.19. The minimum absolute atomic E-state index is 0.00379. The van der Waals surface area contributed by atoms with Crippen molar-refractivity contribution < 1.29 is 4.39 Å². The third kappa shape index (κ3) is 1.57. The van der Waals surface area contributed by atoms with Crippen molar-refractivity contribution in [1.29, 1.82) is 0 Å². The summed E-state index contributed by atoms with van der Waals surface area (Å²) in [5.74, 6) is 0. The molecule has 1 aromatic rings. The van der Waals surface area contributed by atoms with E-state index in [1.54, 1.807) is 0 Å². The van der Waals surface area contributed by atoms with Gasteiger partial charge in [-0.1, -0.05) is 23.2 Å². The maximum Gasteiger partial charge on any atom is 0.292 e. The number of halogens is 3. The standard InChI is InChI=1S/C7H9Cl2FN2/c1-7(2,3)12-5(9)4(8)11-6(12)10/h1-3H3. The van der Waals surface area contributed by atoms with Gasteiger partial charge >= 0.3 is 0 Å². The quantitative estimate of drug-likeness (QED) is 0.644. The lowest BCUT2D eigenvalue weighted by molar-refractivity contribution is 0.327. The van der Waals surface area contributed by atoms with Crippen LogP contribution >= 0.6 is 23.2 Å². The highest BCUT2D eigenvalue weighted by Crippen LogP contribution is 2.28. The summed E-state index contributed by atoms with van der Waals surface area (Å²) in [6, 6.07) is 0. The predicted octanol–water partition coefficient (Wildman–Crippen LogP) is 3.08. The van der Waals surface area contributed by atoms with Crippen LogP contribution in [0.4, 0.5) is 4.39 Å². The molecule has 0 bridgehead atoms.